The summed E-state index contributed by atoms with van der Waals surface area (Å²) in [6.07, 6.45) is 1.79. The van der Waals surface area contributed by atoms with Crippen LogP contribution < -0.4 is 9.47 Å². The summed E-state index contributed by atoms with van der Waals surface area (Å²) in [6, 6.07) is 13.6. The topological polar surface area (TPSA) is 79.3 Å². The summed E-state index contributed by atoms with van der Waals surface area (Å²) in [5.74, 6) is -0.0758. The SMILES string of the molecule is CCCOc1ccc(/C(O)=C2/C(=O)C(=O)N(CCN(C)C)C2c2ccc(OCCC)cc2)cc1. The molecule has 1 atom stereocenters. The zero-order chi connectivity index (χ0) is 24.7. The quantitative estimate of drug-likeness (QED) is 0.303. The van der Waals surface area contributed by atoms with E-state index in [-0.39, 0.29) is 11.3 Å². The Bertz CT molecular complexity index is 1010. The Morgan fingerprint density at radius 3 is 1.94 bits per heavy atom. The monoisotopic (exact) mass is 466 g/mol. The van der Waals surface area contributed by atoms with Crippen molar-refractivity contribution < 1.29 is 24.2 Å². The molecule has 0 aliphatic carbocycles. The zero-order valence-electron chi connectivity index (χ0n) is 20.4. The summed E-state index contributed by atoms with van der Waals surface area (Å²) in [4.78, 5) is 29.6. The summed E-state index contributed by atoms with van der Waals surface area (Å²) in [7, 11) is 3.82. The lowest BCUT2D eigenvalue weighted by Crippen LogP contribution is -2.35. The van der Waals surface area contributed by atoms with Crippen molar-refractivity contribution in [2.24, 2.45) is 0 Å². The molecule has 1 heterocycles. The number of ether oxygens (including phenoxy) is 2. The summed E-state index contributed by atoms with van der Waals surface area (Å²) in [6.45, 7) is 6.22. The van der Waals surface area contributed by atoms with E-state index in [4.69, 9.17) is 9.47 Å². The van der Waals surface area contributed by atoms with Gasteiger partial charge in [-0.05, 0) is 68.9 Å². The summed E-state index contributed by atoms with van der Waals surface area (Å²) in [5, 5.41) is 11.2. The second-order valence-electron chi connectivity index (χ2n) is 8.59. The van der Waals surface area contributed by atoms with E-state index in [1.807, 2.05) is 57.1 Å². The Balaban J connectivity index is 2.01. The number of Topliss-reactive ketones (excluding diaryl/α,β-unsaturated/α-hetero) is 1. The number of nitrogens with zero attached hydrogens (tertiary/aromatic N) is 2. The van der Waals surface area contributed by atoms with E-state index in [2.05, 4.69) is 0 Å². The molecule has 0 aromatic heterocycles. The van der Waals surface area contributed by atoms with Gasteiger partial charge in [0.05, 0.1) is 24.8 Å². The smallest absolute Gasteiger partial charge is 0.295 e. The fourth-order valence-corrected chi connectivity index (χ4v) is 3.82. The van der Waals surface area contributed by atoms with Crippen LogP contribution in [-0.4, -0.2) is 67.0 Å². The fourth-order valence-electron chi connectivity index (χ4n) is 3.82. The van der Waals surface area contributed by atoms with Crippen LogP contribution >= 0.6 is 0 Å². The lowest BCUT2D eigenvalue weighted by molar-refractivity contribution is -0.140. The molecule has 0 bridgehead atoms. The van der Waals surface area contributed by atoms with Crippen molar-refractivity contribution in [3.63, 3.8) is 0 Å². The Morgan fingerprint density at radius 1 is 0.912 bits per heavy atom. The number of hydrogen-bond donors (Lipinski definition) is 1. The number of likely N-dealkylation sites (tertiary alicyclic amines) is 1. The molecular formula is C27H34N2O5. The van der Waals surface area contributed by atoms with Crippen molar-refractivity contribution in [1.82, 2.24) is 9.80 Å². The van der Waals surface area contributed by atoms with Crippen molar-refractivity contribution in [2.75, 3.05) is 40.4 Å². The van der Waals surface area contributed by atoms with E-state index in [9.17, 15) is 14.7 Å². The van der Waals surface area contributed by atoms with Gasteiger partial charge >= 0.3 is 0 Å². The van der Waals surface area contributed by atoms with Crippen molar-refractivity contribution in [3.05, 3.63) is 65.2 Å². The van der Waals surface area contributed by atoms with Gasteiger partial charge in [0, 0.05) is 18.7 Å². The first-order valence-corrected chi connectivity index (χ1v) is 11.8. The first kappa shape index (κ1) is 25.3. The summed E-state index contributed by atoms with van der Waals surface area (Å²) in [5.41, 5.74) is 1.29. The van der Waals surface area contributed by atoms with Crippen LogP contribution in [0.5, 0.6) is 11.5 Å². The molecule has 2 aromatic rings. The molecule has 2 aromatic carbocycles. The number of amides is 1. The van der Waals surface area contributed by atoms with Gasteiger partial charge in [-0.1, -0.05) is 26.0 Å². The van der Waals surface area contributed by atoms with Crippen LogP contribution in [-0.2, 0) is 9.59 Å². The van der Waals surface area contributed by atoms with E-state index in [1.54, 1.807) is 24.3 Å². The van der Waals surface area contributed by atoms with Gasteiger partial charge in [0.1, 0.15) is 17.3 Å². The third kappa shape index (κ3) is 5.78. The lowest BCUT2D eigenvalue weighted by atomic mass is 9.95. The molecule has 7 heteroatoms. The molecule has 1 unspecified atom stereocenters. The standard InChI is InChI=1S/C27H34N2O5/c1-5-17-33-21-11-7-19(8-12-21)24-23(26(31)27(32)29(24)16-15-28(3)4)25(30)20-9-13-22(14-10-20)34-18-6-2/h7-14,24,30H,5-6,15-18H2,1-4H3/b25-23-. The van der Waals surface area contributed by atoms with E-state index in [1.165, 1.54) is 4.90 Å². The van der Waals surface area contributed by atoms with Crippen LogP contribution in [0.4, 0.5) is 0 Å². The number of ketones is 1. The number of benzene rings is 2. The maximum Gasteiger partial charge on any atom is 0.295 e. The Morgan fingerprint density at radius 2 is 1.44 bits per heavy atom. The molecule has 1 aliphatic heterocycles. The number of carbonyl (C=O) groups excluding carboxylic acids is 2. The minimum Gasteiger partial charge on any atom is -0.507 e. The highest BCUT2D eigenvalue weighted by Gasteiger charge is 2.45. The predicted octanol–water partition coefficient (Wildman–Crippen LogP) is 4.25. The molecule has 1 fully saturated rings. The molecule has 0 saturated carbocycles. The van der Waals surface area contributed by atoms with E-state index >= 15 is 0 Å². The third-order valence-electron chi connectivity index (χ3n) is 5.60. The summed E-state index contributed by atoms with van der Waals surface area (Å²) < 4.78 is 11.3. The van der Waals surface area contributed by atoms with Crippen LogP contribution in [0.3, 0.4) is 0 Å². The maximum atomic E-state index is 13.1. The molecule has 0 spiro atoms. The van der Waals surface area contributed by atoms with Gasteiger partial charge < -0.3 is 24.4 Å². The molecule has 34 heavy (non-hydrogen) atoms. The molecule has 1 saturated heterocycles. The average Bonchev–Trinajstić information content (AvgIpc) is 3.10. The van der Waals surface area contributed by atoms with Gasteiger partial charge in [-0.25, -0.2) is 0 Å². The van der Waals surface area contributed by atoms with Gasteiger partial charge in [0.15, 0.2) is 0 Å². The van der Waals surface area contributed by atoms with Crippen LogP contribution in [0.15, 0.2) is 54.1 Å². The molecule has 0 radical (unpaired) electrons. The summed E-state index contributed by atoms with van der Waals surface area (Å²) >= 11 is 0. The van der Waals surface area contributed by atoms with Gasteiger partial charge in [0.2, 0.25) is 0 Å². The minimum atomic E-state index is -0.684. The number of hydrogen-bond acceptors (Lipinski definition) is 6. The second kappa shape index (κ2) is 11.7. The number of carbonyl (C=O) groups is 2. The number of likely N-dealkylation sites (N-methyl/N-ethyl adjacent to an activating group) is 1. The van der Waals surface area contributed by atoms with Crippen LogP contribution in [0, 0.1) is 0 Å². The van der Waals surface area contributed by atoms with Crippen LogP contribution in [0.25, 0.3) is 5.76 Å². The Hall–Kier alpha value is -3.32. The number of aliphatic hydroxyl groups is 1. The van der Waals surface area contributed by atoms with Crippen molar-refractivity contribution in [2.45, 2.75) is 32.7 Å². The van der Waals surface area contributed by atoms with Crippen LogP contribution in [0.1, 0.15) is 43.9 Å². The van der Waals surface area contributed by atoms with Crippen molar-refractivity contribution >= 4 is 17.4 Å². The minimum absolute atomic E-state index is 0.0909. The van der Waals surface area contributed by atoms with Crippen LogP contribution in [0.2, 0.25) is 0 Å². The van der Waals surface area contributed by atoms with Gasteiger partial charge in [0.25, 0.3) is 11.7 Å². The molecule has 3 rings (SSSR count). The fraction of sp³-hybridized carbons (Fsp3) is 0.407. The predicted molar refractivity (Wildman–Crippen MR) is 132 cm³/mol. The van der Waals surface area contributed by atoms with Gasteiger partial charge in [-0.15, -0.1) is 0 Å². The third-order valence-corrected chi connectivity index (χ3v) is 5.60. The lowest BCUT2D eigenvalue weighted by Gasteiger charge is -2.26. The largest absolute Gasteiger partial charge is 0.507 e. The Kier molecular flexibility index (Phi) is 8.71. The highest BCUT2D eigenvalue weighted by atomic mass is 16.5. The molecule has 1 aliphatic rings. The van der Waals surface area contributed by atoms with Gasteiger partial charge in [-0.3, -0.25) is 9.59 Å². The molecule has 7 nitrogen and oxygen atoms in total. The van der Waals surface area contributed by atoms with E-state index < -0.39 is 17.7 Å². The highest BCUT2D eigenvalue weighted by Crippen LogP contribution is 2.39. The van der Waals surface area contributed by atoms with E-state index in [0.717, 1.165) is 24.2 Å². The number of aliphatic hydroxyl groups excluding tert-OH is 1. The van der Waals surface area contributed by atoms with Crippen molar-refractivity contribution in [3.8, 4) is 11.5 Å². The van der Waals surface area contributed by atoms with Crippen molar-refractivity contribution in [1.29, 1.82) is 0 Å². The molecular weight excluding hydrogens is 432 g/mol. The highest BCUT2D eigenvalue weighted by molar-refractivity contribution is 6.46. The second-order valence-corrected chi connectivity index (χ2v) is 8.59. The zero-order valence-corrected chi connectivity index (χ0v) is 20.4. The number of rotatable bonds is 11. The normalized spacial score (nSPS) is 17.4. The first-order valence-electron chi connectivity index (χ1n) is 11.8. The Labute approximate surface area is 201 Å². The first-order chi connectivity index (χ1) is 16.4. The maximum absolute atomic E-state index is 13.1. The molecule has 1 N–H and O–H groups in total. The van der Waals surface area contributed by atoms with Gasteiger partial charge in [-0.2, -0.15) is 0 Å². The van der Waals surface area contributed by atoms with E-state index in [0.29, 0.717) is 37.6 Å². The molecule has 182 valence electrons. The average molecular weight is 467 g/mol. The molecule has 1 amide bonds.